The number of ketones is 2. The van der Waals surface area contributed by atoms with Crippen LogP contribution >= 0.6 is 0 Å². The number of carbonyl (C=O) groups excluding carboxylic acids is 2. The van der Waals surface area contributed by atoms with Gasteiger partial charge in [-0.3, -0.25) is 9.59 Å². The third kappa shape index (κ3) is 5.99. The highest BCUT2D eigenvalue weighted by Crippen LogP contribution is 2.23. The van der Waals surface area contributed by atoms with E-state index in [1.54, 1.807) is 6.92 Å². The summed E-state index contributed by atoms with van der Waals surface area (Å²) in [6.45, 7) is 7.56. The van der Waals surface area contributed by atoms with E-state index in [0.29, 0.717) is 24.8 Å². The van der Waals surface area contributed by atoms with Gasteiger partial charge in [-0.15, -0.1) is 0 Å². The predicted molar refractivity (Wildman–Crippen MR) is 95.5 cm³/mol. The number of hydrogen-bond donors (Lipinski definition) is 2. The molecule has 0 aromatic rings. The third-order valence-electron chi connectivity index (χ3n) is 4.91. The normalized spacial score (nSPS) is 32.7. The van der Waals surface area contributed by atoms with Crippen molar-refractivity contribution < 1.29 is 19.8 Å². The Morgan fingerprint density at radius 1 is 1.17 bits per heavy atom. The molecule has 3 atom stereocenters. The molecule has 2 N–H and O–H groups in total. The maximum atomic E-state index is 12.6. The molecule has 4 nitrogen and oxygen atoms in total. The topological polar surface area (TPSA) is 74.6 Å². The molecule has 0 fully saturated rings. The second kappa shape index (κ2) is 9.90. The molecule has 136 valence electrons. The van der Waals surface area contributed by atoms with E-state index in [-0.39, 0.29) is 35.9 Å². The molecule has 0 radical (unpaired) electrons. The maximum Gasteiger partial charge on any atom is 0.187 e. The van der Waals surface area contributed by atoms with Crippen LogP contribution in [-0.2, 0) is 9.59 Å². The zero-order valence-corrected chi connectivity index (χ0v) is 15.4. The van der Waals surface area contributed by atoms with Crippen LogP contribution in [0.1, 0.15) is 59.8 Å². The molecule has 0 aliphatic heterocycles. The average Bonchev–Trinajstić information content (AvgIpc) is 2.54. The summed E-state index contributed by atoms with van der Waals surface area (Å²) in [5, 5.41) is 19.8. The quantitative estimate of drug-likeness (QED) is 0.812. The van der Waals surface area contributed by atoms with Gasteiger partial charge in [-0.1, -0.05) is 38.5 Å². The summed E-state index contributed by atoms with van der Waals surface area (Å²) in [7, 11) is 0. The van der Waals surface area contributed by atoms with Gasteiger partial charge in [0.05, 0.1) is 6.61 Å². The molecular formula is C20H32O4. The van der Waals surface area contributed by atoms with E-state index in [1.165, 1.54) is 0 Å². The van der Waals surface area contributed by atoms with E-state index in [2.05, 4.69) is 0 Å². The molecule has 0 saturated carbocycles. The average molecular weight is 336 g/mol. The molecule has 1 rings (SSSR count). The standard InChI is InChI=1S/C20H32O4/c1-13(2)17-10-8-14(3)6-5-7-16(12-21)18(22)11-9-15(4)19(23)20(17)24/h8,10,13,15-16,19,21,23H,5-7,9,11-12H2,1-4H3/b14-8-,17-10+. The summed E-state index contributed by atoms with van der Waals surface area (Å²) < 4.78 is 0. The minimum Gasteiger partial charge on any atom is -0.396 e. The Bertz CT molecular complexity index is 502. The fourth-order valence-electron chi connectivity index (χ4n) is 3.02. The van der Waals surface area contributed by atoms with Gasteiger partial charge >= 0.3 is 0 Å². The highest BCUT2D eigenvalue weighted by molar-refractivity contribution is 5.99. The largest absolute Gasteiger partial charge is 0.396 e. The minimum absolute atomic E-state index is 0.0299. The van der Waals surface area contributed by atoms with Gasteiger partial charge in [-0.25, -0.2) is 0 Å². The number of aliphatic hydroxyl groups is 2. The van der Waals surface area contributed by atoms with Crippen LogP contribution in [0.3, 0.4) is 0 Å². The zero-order valence-electron chi connectivity index (χ0n) is 15.4. The van der Waals surface area contributed by atoms with Crippen molar-refractivity contribution in [1.29, 1.82) is 0 Å². The predicted octanol–water partition coefficient (Wildman–Crippen LogP) is 3.22. The SMILES string of the molecule is C/C1=C/C=C(\C(C)C)C(=O)C(O)C(C)CCC(=O)C(CO)CCC1. The Morgan fingerprint density at radius 2 is 1.83 bits per heavy atom. The monoisotopic (exact) mass is 336 g/mol. The Labute approximate surface area is 145 Å². The number of rotatable bonds is 2. The van der Waals surface area contributed by atoms with Crippen LogP contribution in [0.5, 0.6) is 0 Å². The second-order valence-corrected chi connectivity index (χ2v) is 7.35. The van der Waals surface area contributed by atoms with Crippen LogP contribution < -0.4 is 0 Å². The molecule has 0 heterocycles. The van der Waals surface area contributed by atoms with Crippen molar-refractivity contribution in [3.63, 3.8) is 0 Å². The van der Waals surface area contributed by atoms with E-state index >= 15 is 0 Å². The van der Waals surface area contributed by atoms with Crippen molar-refractivity contribution in [3.8, 4) is 0 Å². The van der Waals surface area contributed by atoms with Gasteiger partial charge in [0.15, 0.2) is 5.78 Å². The molecule has 0 amide bonds. The van der Waals surface area contributed by atoms with Crippen LogP contribution in [0, 0.1) is 17.8 Å². The highest BCUT2D eigenvalue weighted by Gasteiger charge is 2.28. The Kier molecular flexibility index (Phi) is 8.57. The maximum absolute atomic E-state index is 12.6. The summed E-state index contributed by atoms with van der Waals surface area (Å²) >= 11 is 0. The van der Waals surface area contributed by atoms with Gasteiger partial charge < -0.3 is 10.2 Å². The molecular weight excluding hydrogens is 304 g/mol. The van der Waals surface area contributed by atoms with Crippen molar-refractivity contribution in [3.05, 3.63) is 23.3 Å². The molecule has 3 unspecified atom stereocenters. The van der Waals surface area contributed by atoms with E-state index in [4.69, 9.17) is 0 Å². The number of carbonyl (C=O) groups is 2. The molecule has 4 heteroatoms. The van der Waals surface area contributed by atoms with Crippen molar-refractivity contribution in [2.24, 2.45) is 17.8 Å². The molecule has 1 aliphatic rings. The first-order valence-corrected chi connectivity index (χ1v) is 9.01. The Hall–Kier alpha value is -1.26. The molecule has 1 aliphatic carbocycles. The van der Waals surface area contributed by atoms with Crippen molar-refractivity contribution in [2.45, 2.75) is 65.9 Å². The lowest BCUT2D eigenvalue weighted by atomic mass is 9.85. The van der Waals surface area contributed by atoms with Crippen molar-refractivity contribution >= 4 is 11.6 Å². The molecule has 0 aromatic carbocycles. The fraction of sp³-hybridized carbons (Fsp3) is 0.700. The first kappa shape index (κ1) is 20.8. The summed E-state index contributed by atoms with van der Waals surface area (Å²) in [6.07, 6.45) is 5.79. The van der Waals surface area contributed by atoms with Gasteiger partial charge in [0.2, 0.25) is 0 Å². The van der Waals surface area contributed by atoms with Gasteiger partial charge in [0.25, 0.3) is 0 Å². The Balaban J connectivity index is 3.08. The first-order valence-electron chi connectivity index (χ1n) is 9.01. The lowest BCUT2D eigenvalue weighted by Gasteiger charge is -2.22. The molecule has 0 aromatic heterocycles. The van der Waals surface area contributed by atoms with Gasteiger partial charge in [-0.05, 0) is 44.4 Å². The van der Waals surface area contributed by atoms with E-state index < -0.39 is 6.10 Å². The first-order chi connectivity index (χ1) is 11.3. The van der Waals surface area contributed by atoms with Gasteiger partial charge in [0.1, 0.15) is 11.9 Å². The third-order valence-corrected chi connectivity index (χ3v) is 4.91. The summed E-state index contributed by atoms with van der Waals surface area (Å²) in [6, 6.07) is 0. The van der Waals surface area contributed by atoms with Crippen molar-refractivity contribution in [1.82, 2.24) is 0 Å². The zero-order chi connectivity index (χ0) is 18.3. The van der Waals surface area contributed by atoms with Crippen molar-refractivity contribution in [2.75, 3.05) is 6.61 Å². The minimum atomic E-state index is -1.09. The fourth-order valence-corrected chi connectivity index (χ4v) is 3.02. The van der Waals surface area contributed by atoms with Crippen LogP contribution in [0.25, 0.3) is 0 Å². The smallest absolute Gasteiger partial charge is 0.187 e. The second-order valence-electron chi connectivity index (χ2n) is 7.35. The number of aliphatic hydroxyl groups excluding tert-OH is 2. The summed E-state index contributed by atoms with van der Waals surface area (Å²) in [4.78, 5) is 24.9. The van der Waals surface area contributed by atoms with Crippen LogP contribution in [0.2, 0.25) is 0 Å². The molecule has 0 spiro atoms. The van der Waals surface area contributed by atoms with E-state index in [1.807, 2.05) is 32.9 Å². The highest BCUT2D eigenvalue weighted by atomic mass is 16.3. The summed E-state index contributed by atoms with van der Waals surface area (Å²) in [5.74, 6) is -0.790. The number of Topliss-reactive ketones (excluding diaryl/α,β-unsaturated/α-hetero) is 2. The summed E-state index contributed by atoms with van der Waals surface area (Å²) in [5.41, 5.74) is 1.76. The van der Waals surface area contributed by atoms with Crippen LogP contribution in [-0.4, -0.2) is 34.5 Å². The van der Waals surface area contributed by atoms with Crippen LogP contribution in [0.4, 0.5) is 0 Å². The van der Waals surface area contributed by atoms with Crippen LogP contribution in [0.15, 0.2) is 23.3 Å². The molecule has 0 saturated heterocycles. The lowest BCUT2D eigenvalue weighted by molar-refractivity contribution is -0.128. The lowest BCUT2D eigenvalue weighted by Crippen LogP contribution is -2.31. The molecule has 0 bridgehead atoms. The number of allylic oxidation sites excluding steroid dienone is 3. The van der Waals surface area contributed by atoms with Gasteiger partial charge in [-0.2, -0.15) is 0 Å². The Morgan fingerprint density at radius 3 is 2.42 bits per heavy atom. The van der Waals surface area contributed by atoms with Gasteiger partial charge in [0, 0.05) is 17.9 Å². The molecule has 24 heavy (non-hydrogen) atoms. The van der Waals surface area contributed by atoms with E-state index in [9.17, 15) is 19.8 Å². The number of hydrogen-bond acceptors (Lipinski definition) is 4. The van der Waals surface area contributed by atoms with E-state index in [0.717, 1.165) is 18.4 Å².